The van der Waals surface area contributed by atoms with Gasteiger partial charge in [0.25, 0.3) is 0 Å². The summed E-state index contributed by atoms with van der Waals surface area (Å²) in [5, 5.41) is 10.1. The van der Waals surface area contributed by atoms with E-state index in [0.717, 1.165) is 49.4 Å². The van der Waals surface area contributed by atoms with Crippen molar-refractivity contribution < 1.29 is 23.1 Å². The lowest BCUT2D eigenvalue weighted by Gasteiger charge is -2.23. The second-order valence-corrected chi connectivity index (χ2v) is 9.62. The number of rotatable bonds is 8. The summed E-state index contributed by atoms with van der Waals surface area (Å²) in [4.78, 5) is 29.2. The highest BCUT2D eigenvalue weighted by atomic mass is 19.1. The molecular weight excluding hydrogens is 518 g/mol. The van der Waals surface area contributed by atoms with Crippen LogP contribution in [0.1, 0.15) is 42.7 Å². The number of ether oxygens (including phenoxy) is 1. The van der Waals surface area contributed by atoms with Gasteiger partial charge in [0.1, 0.15) is 23.6 Å². The van der Waals surface area contributed by atoms with Crippen molar-refractivity contribution in [2.24, 2.45) is 5.73 Å². The van der Waals surface area contributed by atoms with Gasteiger partial charge in [0.15, 0.2) is 11.6 Å². The van der Waals surface area contributed by atoms with Gasteiger partial charge in [-0.3, -0.25) is 9.59 Å². The van der Waals surface area contributed by atoms with Crippen LogP contribution >= 0.6 is 0 Å². The molecule has 0 saturated heterocycles. The van der Waals surface area contributed by atoms with Crippen LogP contribution in [-0.2, 0) is 9.59 Å². The Hall–Kier alpha value is -4.64. The second-order valence-electron chi connectivity index (χ2n) is 9.62. The molecule has 9 nitrogen and oxygen atoms in total. The molecule has 11 heteroatoms. The van der Waals surface area contributed by atoms with Crippen LogP contribution in [0.4, 0.5) is 14.5 Å². The first-order valence-electron chi connectivity index (χ1n) is 12.8. The molecule has 1 atom stereocenters. The quantitative estimate of drug-likeness (QED) is 0.279. The molecule has 4 N–H and O–H groups in total. The zero-order chi connectivity index (χ0) is 28.2. The molecule has 0 spiro atoms. The van der Waals surface area contributed by atoms with Gasteiger partial charge < -0.3 is 21.1 Å². The fourth-order valence-electron chi connectivity index (χ4n) is 4.86. The van der Waals surface area contributed by atoms with Crippen LogP contribution in [0.5, 0.6) is 11.6 Å². The number of allylic oxidation sites excluding steroid dienone is 1. The predicted octanol–water partition coefficient (Wildman–Crippen LogP) is 4.55. The van der Waals surface area contributed by atoms with Gasteiger partial charge in [-0.25, -0.2) is 13.3 Å². The van der Waals surface area contributed by atoms with Crippen LogP contribution in [0.2, 0.25) is 0 Å². The number of carbonyl (C=O) groups excluding carboxylic acids is 2. The number of halogens is 2. The number of primary amides is 1. The maximum Gasteiger partial charge on any atom is 0.247 e. The molecule has 1 aliphatic carbocycles. The summed E-state index contributed by atoms with van der Waals surface area (Å²) < 4.78 is 35.9. The third kappa shape index (κ3) is 5.84. The molecule has 0 bridgehead atoms. The minimum Gasteiger partial charge on any atom is -0.434 e. The van der Waals surface area contributed by atoms with Crippen molar-refractivity contribution in [2.45, 2.75) is 37.6 Å². The van der Waals surface area contributed by atoms with Gasteiger partial charge in [-0.2, -0.15) is 10.1 Å². The highest BCUT2D eigenvalue weighted by Gasteiger charge is 2.28. The van der Waals surface area contributed by atoms with Crippen LogP contribution in [0, 0.1) is 11.6 Å². The summed E-state index contributed by atoms with van der Waals surface area (Å²) in [7, 11) is 1.98. The minimum atomic E-state index is -1.48. The van der Waals surface area contributed by atoms with E-state index >= 15 is 4.39 Å². The predicted molar refractivity (Wildman–Crippen MR) is 146 cm³/mol. The summed E-state index contributed by atoms with van der Waals surface area (Å²) in [6.07, 6.45) is 9.25. The molecule has 40 heavy (non-hydrogen) atoms. The van der Waals surface area contributed by atoms with Gasteiger partial charge in [-0.1, -0.05) is 17.7 Å². The average Bonchev–Trinajstić information content (AvgIpc) is 3.35. The molecule has 2 aromatic carbocycles. The number of benzene rings is 2. The molecule has 0 radical (unpaired) electrons. The zero-order valence-electron chi connectivity index (χ0n) is 21.7. The van der Waals surface area contributed by atoms with E-state index in [2.05, 4.69) is 26.8 Å². The number of carbonyl (C=O) groups is 2. The Morgan fingerprint density at radius 1 is 1.12 bits per heavy atom. The number of nitrogens with zero attached hydrogens (tertiary/aromatic N) is 3. The third-order valence-corrected chi connectivity index (χ3v) is 7.00. The number of anilines is 1. The molecule has 1 saturated carbocycles. The van der Waals surface area contributed by atoms with E-state index in [1.165, 1.54) is 36.2 Å². The fraction of sp³-hybridized carbons (Fsp3) is 0.241. The molecule has 4 aromatic rings. The van der Waals surface area contributed by atoms with E-state index in [1.807, 2.05) is 13.1 Å². The maximum atomic E-state index is 15.2. The lowest BCUT2D eigenvalue weighted by Crippen LogP contribution is -2.32. The molecule has 1 unspecified atom stereocenters. The number of fused-ring (bicyclic) bond motifs is 1. The summed E-state index contributed by atoms with van der Waals surface area (Å²) in [5.74, 6) is -4.53. The van der Waals surface area contributed by atoms with Gasteiger partial charge in [0.05, 0.1) is 0 Å². The first kappa shape index (κ1) is 26.9. The van der Waals surface area contributed by atoms with Gasteiger partial charge >= 0.3 is 0 Å². The minimum absolute atomic E-state index is 0.0371. The van der Waals surface area contributed by atoms with Crippen LogP contribution in [0.3, 0.4) is 0 Å². The van der Waals surface area contributed by atoms with E-state index in [-0.39, 0.29) is 22.9 Å². The fourth-order valence-corrected chi connectivity index (χ4v) is 4.86. The first-order valence-corrected chi connectivity index (χ1v) is 12.8. The number of hydrogen-bond acceptors (Lipinski definition) is 6. The van der Waals surface area contributed by atoms with Crippen LogP contribution in [0.15, 0.2) is 66.6 Å². The smallest absolute Gasteiger partial charge is 0.247 e. The van der Waals surface area contributed by atoms with Crippen molar-refractivity contribution in [2.75, 3.05) is 12.4 Å². The van der Waals surface area contributed by atoms with E-state index in [1.54, 1.807) is 10.7 Å². The van der Waals surface area contributed by atoms with Gasteiger partial charge in [-0.05, 0) is 80.8 Å². The van der Waals surface area contributed by atoms with Gasteiger partial charge in [0.2, 0.25) is 17.7 Å². The number of amides is 2. The van der Waals surface area contributed by atoms with E-state index in [9.17, 15) is 14.0 Å². The van der Waals surface area contributed by atoms with Crippen molar-refractivity contribution in [3.05, 3.63) is 89.4 Å². The number of hydrogen-bond donors (Lipinski definition) is 3. The topological polar surface area (TPSA) is 124 Å². The zero-order valence-corrected chi connectivity index (χ0v) is 21.7. The monoisotopic (exact) mass is 546 g/mol. The molecule has 0 aliphatic heterocycles. The Bertz CT molecular complexity index is 1570. The Morgan fingerprint density at radius 2 is 1.88 bits per heavy atom. The summed E-state index contributed by atoms with van der Waals surface area (Å²) in [5.41, 5.74) is 8.53. The maximum absolute atomic E-state index is 15.2. The number of nitrogens with two attached hydrogens (primary N) is 1. The Morgan fingerprint density at radius 3 is 2.55 bits per heavy atom. The van der Waals surface area contributed by atoms with E-state index in [4.69, 9.17) is 10.5 Å². The SMILES string of the molecule is CNC1CCC(=Cc2ccn3ncnc(Oc4ccc(C(C(N)=O)C(=O)Nc5ccc(F)cc5)cc4F)c23)CC1. The number of aromatic nitrogens is 3. The van der Waals surface area contributed by atoms with Gasteiger partial charge in [-0.15, -0.1) is 0 Å². The third-order valence-electron chi connectivity index (χ3n) is 7.00. The van der Waals surface area contributed by atoms with Crippen molar-refractivity contribution in [3.63, 3.8) is 0 Å². The molecule has 2 heterocycles. The van der Waals surface area contributed by atoms with Crippen molar-refractivity contribution >= 4 is 29.1 Å². The Labute approximate surface area is 229 Å². The normalized spacial score (nSPS) is 16.0. The Kier molecular flexibility index (Phi) is 7.83. The van der Waals surface area contributed by atoms with Crippen LogP contribution in [-0.4, -0.2) is 39.5 Å². The second kappa shape index (κ2) is 11.6. The molecule has 206 valence electrons. The van der Waals surface area contributed by atoms with Crippen molar-refractivity contribution in [1.29, 1.82) is 0 Å². The van der Waals surface area contributed by atoms with Crippen molar-refractivity contribution in [3.8, 4) is 11.6 Å². The van der Waals surface area contributed by atoms with E-state index < -0.39 is 29.4 Å². The van der Waals surface area contributed by atoms with Crippen LogP contribution < -0.4 is 21.1 Å². The lowest BCUT2D eigenvalue weighted by molar-refractivity contribution is -0.127. The number of nitrogens with one attached hydrogen (secondary N) is 2. The highest BCUT2D eigenvalue weighted by Crippen LogP contribution is 2.33. The summed E-state index contributed by atoms with van der Waals surface area (Å²) in [6.45, 7) is 0. The average molecular weight is 547 g/mol. The Balaban J connectivity index is 1.38. The summed E-state index contributed by atoms with van der Waals surface area (Å²) in [6, 6.07) is 11.1. The molecule has 1 fully saturated rings. The molecule has 5 rings (SSSR count). The molecular formula is C29H28F2N6O3. The first-order chi connectivity index (χ1) is 19.3. The molecule has 2 aromatic heterocycles. The highest BCUT2D eigenvalue weighted by molar-refractivity contribution is 6.10. The summed E-state index contributed by atoms with van der Waals surface area (Å²) >= 11 is 0. The largest absolute Gasteiger partial charge is 0.434 e. The molecule has 1 aliphatic rings. The molecule has 2 amide bonds. The van der Waals surface area contributed by atoms with Crippen molar-refractivity contribution in [1.82, 2.24) is 19.9 Å². The van der Waals surface area contributed by atoms with Gasteiger partial charge in [0, 0.05) is 23.5 Å². The van der Waals surface area contributed by atoms with E-state index in [0.29, 0.717) is 11.6 Å². The van der Waals surface area contributed by atoms with Crippen LogP contribution in [0.25, 0.3) is 11.6 Å². The lowest BCUT2D eigenvalue weighted by atomic mass is 9.90. The standard InChI is InChI=1S/C29H28F2N6O3/c1-33-21-7-2-17(3-8-21)14-19-12-13-37-26(19)29(34-16-35-37)40-24-11-4-18(15-23(24)31)25(27(32)38)28(39)36-22-9-5-20(30)6-10-22/h4-6,9-16,21,25,33H,2-3,7-8H2,1H3,(H2,32,38)(H,36,39).